The van der Waals surface area contributed by atoms with Crippen molar-refractivity contribution in [2.75, 3.05) is 5.01 Å². The zero-order valence-electron chi connectivity index (χ0n) is 17.7. The van der Waals surface area contributed by atoms with Gasteiger partial charge in [-0.25, -0.2) is 0 Å². The van der Waals surface area contributed by atoms with Crippen molar-refractivity contribution >= 4 is 35.0 Å². The molecule has 1 aliphatic heterocycles. The van der Waals surface area contributed by atoms with Crippen molar-refractivity contribution in [2.45, 2.75) is 27.4 Å². The molecular formula is C26H23ClN2O2. The number of anilines is 1. The van der Waals surface area contributed by atoms with Gasteiger partial charge in [0, 0.05) is 10.6 Å². The standard InChI is InChI=1S/C26H23ClN2O2/c1-17-11-18(2)13-20(12-17)16-31-25-10-9-22(27)14-21(25)15-24-19(3)28-29(26(24)30)23-7-5-4-6-8-23/h4-15H,16H2,1-3H3/b24-15+. The highest BCUT2D eigenvalue weighted by molar-refractivity contribution is 6.33. The van der Waals surface area contributed by atoms with Crippen molar-refractivity contribution in [3.8, 4) is 5.75 Å². The first kappa shape index (κ1) is 20.9. The Morgan fingerprint density at radius 2 is 1.68 bits per heavy atom. The number of aryl methyl sites for hydroxylation is 2. The van der Waals surface area contributed by atoms with E-state index in [-0.39, 0.29) is 5.91 Å². The van der Waals surface area contributed by atoms with E-state index in [1.54, 1.807) is 18.2 Å². The monoisotopic (exact) mass is 430 g/mol. The third-order valence-electron chi connectivity index (χ3n) is 5.01. The zero-order chi connectivity index (χ0) is 22.0. The van der Waals surface area contributed by atoms with Gasteiger partial charge in [0.15, 0.2) is 0 Å². The second-order valence-corrected chi connectivity index (χ2v) is 8.10. The van der Waals surface area contributed by atoms with Crippen molar-refractivity contribution in [2.24, 2.45) is 5.10 Å². The highest BCUT2D eigenvalue weighted by atomic mass is 35.5. The molecule has 4 nitrogen and oxygen atoms in total. The molecule has 3 aromatic rings. The Labute approximate surface area is 187 Å². The minimum absolute atomic E-state index is 0.177. The molecule has 0 saturated carbocycles. The largest absolute Gasteiger partial charge is 0.488 e. The maximum atomic E-state index is 13.0. The van der Waals surface area contributed by atoms with E-state index in [2.05, 4.69) is 37.1 Å². The third kappa shape index (κ3) is 4.70. The fourth-order valence-corrected chi connectivity index (χ4v) is 3.84. The maximum absolute atomic E-state index is 13.0. The van der Waals surface area contributed by atoms with Crippen LogP contribution >= 0.6 is 11.6 Å². The van der Waals surface area contributed by atoms with Gasteiger partial charge in [0.2, 0.25) is 0 Å². The Morgan fingerprint density at radius 1 is 0.968 bits per heavy atom. The number of hydrogen-bond donors (Lipinski definition) is 0. The van der Waals surface area contributed by atoms with Gasteiger partial charge in [0.25, 0.3) is 5.91 Å². The summed E-state index contributed by atoms with van der Waals surface area (Å²) in [7, 11) is 0. The van der Waals surface area contributed by atoms with Gasteiger partial charge in [-0.1, -0.05) is 59.1 Å². The number of hydrazone groups is 1. The Morgan fingerprint density at radius 3 is 2.39 bits per heavy atom. The first-order valence-corrected chi connectivity index (χ1v) is 10.4. The van der Waals surface area contributed by atoms with Crippen LogP contribution in [0.15, 0.2) is 77.4 Å². The van der Waals surface area contributed by atoms with E-state index in [0.717, 1.165) is 16.8 Å². The summed E-state index contributed by atoms with van der Waals surface area (Å²) in [5.41, 5.74) is 6.12. The smallest absolute Gasteiger partial charge is 0.280 e. The molecule has 1 heterocycles. The van der Waals surface area contributed by atoms with Crippen molar-refractivity contribution in [3.05, 3.63) is 99.6 Å². The number of amides is 1. The number of rotatable bonds is 5. The van der Waals surface area contributed by atoms with Crippen LogP contribution in [0.25, 0.3) is 6.08 Å². The summed E-state index contributed by atoms with van der Waals surface area (Å²) in [4.78, 5) is 13.0. The minimum Gasteiger partial charge on any atom is -0.488 e. The summed E-state index contributed by atoms with van der Waals surface area (Å²) in [6, 6.07) is 21.1. The molecule has 31 heavy (non-hydrogen) atoms. The number of carbonyl (C=O) groups is 1. The summed E-state index contributed by atoms with van der Waals surface area (Å²) >= 11 is 6.25. The van der Waals surface area contributed by atoms with E-state index in [9.17, 15) is 4.79 Å². The molecule has 0 fully saturated rings. The van der Waals surface area contributed by atoms with Crippen molar-refractivity contribution < 1.29 is 9.53 Å². The van der Waals surface area contributed by atoms with Crippen LogP contribution < -0.4 is 9.75 Å². The van der Waals surface area contributed by atoms with Gasteiger partial charge in [-0.15, -0.1) is 0 Å². The molecule has 3 aromatic carbocycles. The highest BCUT2D eigenvalue weighted by Crippen LogP contribution is 2.30. The van der Waals surface area contributed by atoms with Gasteiger partial charge in [-0.2, -0.15) is 10.1 Å². The fraction of sp³-hybridized carbons (Fsp3) is 0.154. The lowest BCUT2D eigenvalue weighted by atomic mass is 10.1. The first-order valence-electron chi connectivity index (χ1n) is 10.1. The van der Waals surface area contributed by atoms with Gasteiger partial charge >= 0.3 is 0 Å². The lowest BCUT2D eigenvalue weighted by Crippen LogP contribution is -2.21. The molecule has 0 atom stereocenters. The quantitative estimate of drug-likeness (QED) is 0.443. The first-order chi connectivity index (χ1) is 14.9. The molecule has 0 aliphatic carbocycles. The number of nitrogens with zero attached hydrogens (tertiary/aromatic N) is 2. The Balaban J connectivity index is 1.62. The zero-order valence-corrected chi connectivity index (χ0v) is 18.5. The van der Waals surface area contributed by atoms with Gasteiger partial charge in [-0.05, 0) is 62.7 Å². The molecule has 0 bridgehead atoms. The Kier molecular flexibility index (Phi) is 5.92. The molecule has 5 heteroatoms. The van der Waals surface area contributed by atoms with Crippen LogP contribution in [0.2, 0.25) is 5.02 Å². The molecule has 0 unspecified atom stereocenters. The third-order valence-corrected chi connectivity index (χ3v) is 5.25. The van der Waals surface area contributed by atoms with Gasteiger partial charge in [-0.3, -0.25) is 4.79 Å². The summed E-state index contributed by atoms with van der Waals surface area (Å²) in [6.07, 6.45) is 1.80. The van der Waals surface area contributed by atoms with E-state index in [1.165, 1.54) is 16.1 Å². The summed E-state index contributed by atoms with van der Waals surface area (Å²) in [5.74, 6) is 0.485. The van der Waals surface area contributed by atoms with Crippen LogP contribution in [-0.4, -0.2) is 11.6 Å². The van der Waals surface area contributed by atoms with E-state index in [4.69, 9.17) is 16.3 Å². The SMILES string of the molecule is CC1=NN(c2ccccc2)C(=O)/C1=C/c1cc(Cl)ccc1OCc1cc(C)cc(C)c1. The van der Waals surface area contributed by atoms with Crippen LogP contribution in [0.1, 0.15) is 29.2 Å². The number of para-hydroxylation sites is 1. The number of carbonyl (C=O) groups excluding carboxylic acids is 1. The molecule has 0 spiro atoms. The molecule has 0 N–H and O–H groups in total. The van der Waals surface area contributed by atoms with Crippen LogP contribution in [-0.2, 0) is 11.4 Å². The topological polar surface area (TPSA) is 41.9 Å². The second kappa shape index (κ2) is 8.78. The summed E-state index contributed by atoms with van der Waals surface area (Å²) in [5, 5.41) is 6.43. The number of halogens is 1. The van der Waals surface area contributed by atoms with Gasteiger partial charge in [0.05, 0.1) is 17.0 Å². The number of hydrogen-bond acceptors (Lipinski definition) is 3. The van der Waals surface area contributed by atoms with Crippen molar-refractivity contribution in [1.82, 2.24) is 0 Å². The van der Waals surface area contributed by atoms with E-state index in [0.29, 0.717) is 28.7 Å². The average molecular weight is 431 g/mol. The lowest BCUT2D eigenvalue weighted by Gasteiger charge is -2.13. The molecule has 1 aliphatic rings. The summed E-state index contributed by atoms with van der Waals surface area (Å²) < 4.78 is 6.11. The predicted octanol–water partition coefficient (Wildman–Crippen LogP) is 6.34. The number of benzene rings is 3. The molecule has 156 valence electrons. The molecule has 0 radical (unpaired) electrons. The van der Waals surface area contributed by atoms with E-state index >= 15 is 0 Å². The van der Waals surface area contributed by atoms with Crippen LogP contribution in [0.4, 0.5) is 5.69 Å². The van der Waals surface area contributed by atoms with Crippen LogP contribution in [0, 0.1) is 13.8 Å². The Hall–Kier alpha value is -3.37. The molecular weight excluding hydrogens is 408 g/mol. The minimum atomic E-state index is -0.177. The van der Waals surface area contributed by atoms with Crippen LogP contribution in [0.5, 0.6) is 5.75 Å². The fourth-order valence-electron chi connectivity index (χ4n) is 3.66. The molecule has 0 aromatic heterocycles. The Bertz CT molecular complexity index is 1180. The average Bonchev–Trinajstić information content (AvgIpc) is 3.01. The highest BCUT2D eigenvalue weighted by Gasteiger charge is 2.28. The van der Waals surface area contributed by atoms with Crippen LogP contribution in [0.3, 0.4) is 0 Å². The maximum Gasteiger partial charge on any atom is 0.280 e. The van der Waals surface area contributed by atoms with Gasteiger partial charge in [0.1, 0.15) is 12.4 Å². The predicted molar refractivity (Wildman–Crippen MR) is 127 cm³/mol. The van der Waals surface area contributed by atoms with E-state index < -0.39 is 0 Å². The van der Waals surface area contributed by atoms with Crippen molar-refractivity contribution in [3.63, 3.8) is 0 Å². The van der Waals surface area contributed by atoms with E-state index in [1.807, 2.05) is 43.3 Å². The number of ether oxygens (including phenoxy) is 1. The summed E-state index contributed by atoms with van der Waals surface area (Å²) in [6.45, 7) is 6.40. The van der Waals surface area contributed by atoms with Crippen molar-refractivity contribution in [1.29, 1.82) is 0 Å². The normalized spacial score (nSPS) is 14.8. The second-order valence-electron chi connectivity index (χ2n) is 7.66. The van der Waals surface area contributed by atoms with Gasteiger partial charge < -0.3 is 4.74 Å². The molecule has 1 amide bonds. The molecule has 4 rings (SSSR count). The molecule has 0 saturated heterocycles. The lowest BCUT2D eigenvalue weighted by molar-refractivity contribution is -0.114.